The van der Waals surface area contributed by atoms with Crippen LogP contribution in [-0.2, 0) is 24.4 Å². The monoisotopic (exact) mass is 218 g/mol. The van der Waals surface area contributed by atoms with Crippen molar-refractivity contribution in [3.05, 3.63) is 24.3 Å². The van der Waals surface area contributed by atoms with Crippen molar-refractivity contribution >= 4 is 22.1 Å². The molecule has 1 aliphatic rings. The van der Waals surface area contributed by atoms with Gasteiger partial charge < -0.3 is 4.74 Å². The topological polar surface area (TPSA) is 97.7 Å². The van der Waals surface area contributed by atoms with E-state index < -0.39 is 32.9 Å². The Morgan fingerprint density at radius 1 is 1.50 bits per heavy atom. The summed E-state index contributed by atoms with van der Waals surface area (Å²) < 4.78 is 34.2. The van der Waals surface area contributed by atoms with Gasteiger partial charge in [-0.2, -0.15) is 8.42 Å². The molecule has 0 spiro atoms. The molecule has 0 radical (unpaired) electrons. The summed E-state index contributed by atoms with van der Waals surface area (Å²) in [5.41, 5.74) is -0.437. The van der Waals surface area contributed by atoms with E-state index >= 15 is 0 Å². The third-order valence-electron chi connectivity index (χ3n) is 1.54. The van der Waals surface area contributed by atoms with Crippen LogP contribution in [0.5, 0.6) is 0 Å². The molecule has 14 heavy (non-hydrogen) atoms. The molecule has 7 heteroatoms. The molecule has 0 aromatic carbocycles. The molecule has 1 atom stereocenters. The number of carbonyl (C=O) groups excluding carboxylic acids is 2. The molecule has 1 heterocycles. The van der Waals surface area contributed by atoms with Crippen LogP contribution in [0.15, 0.2) is 24.3 Å². The molecule has 0 fully saturated rings. The molecule has 0 aromatic rings. The standard InChI is InChI=1S/C7H6O6S/c1-2-5(14(10,11)12)4-3-6(8)13-7(4)9/h2-3,5H,1H2,(H,10,11,12). The molecule has 0 aliphatic carbocycles. The Labute approximate surface area is 79.6 Å². The predicted octanol–water partition coefficient (Wildman–Crippen LogP) is -0.561. The van der Waals surface area contributed by atoms with Crippen LogP contribution in [0.3, 0.4) is 0 Å². The van der Waals surface area contributed by atoms with Gasteiger partial charge in [-0.1, -0.05) is 6.08 Å². The van der Waals surface area contributed by atoms with E-state index in [0.29, 0.717) is 6.08 Å². The largest absolute Gasteiger partial charge is 0.386 e. The van der Waals surface area contributed by atoms with E-state index in [1.807, 2.05) is 0 Å². The Bertz CT molecular complexity index is 429. The van der Waals surface area contributed by atoms with Crippen LogP contribution in [0.1, 0.15) is 0 Å². The number of hydrogen-bond donors (Lipinski definition) is 1. The summed E-state index contributed by atoms with van der Waals surface area (Å²) in [6.45, 7) is 3.13. The average Bonchev–Trinajstić information content (AvgIpc) is 2.29. The van der Waals surface area contributed by atoms with Gasteiger partial charge in [-0.3, -0.25) is 4.55 Å². The van der Waals surface area contributed by atoms with Crippen molar-refractivity contribution in [2.45, 2.75) is 5.25 Å². The van der Waals surface area contributed by atoms with Crippen LogP contribution in [0.25, 0.3) is 0 Å². The maximum absolute atomic E-state index is 10.9. The van der Waals surface area contributed by atoms with Gasteiger partial charge in [0.25, 0.3) is 10.1 Å². The summed E-state index contributed by atoms with van der Waals surface area (Å²) >= 11 is 0. The van der Waals surface area contributed by atoms with Gasteiger partial charge in [0.2, 0.25) is 0 Å². The van der Waals surface area contributed by atoms with E-state index in [0.717, 1.165) is 6.08 Å². The van der Waals surface area contributed by atoms with Crippen molar-refractivity contribution in [3.63, 3.8) is 0 Å². The summed E-state index contributed by atoms with van der Waals surface area (Å²) in [7, 11) is -4.49. The molecule has 0 saturated carbocycles. The molecule has 1 N–H and O–H groups in total. The molecule has 6 nitrogen and oxygen atoms in total. The Hall–Kier alpha value is -1.47. The second-order valence-electron chi connectivity index (χ2n) is 2.48. The predicted molar refractivity (Wildman–Crippen MR) is 44.7 cm³/mol. The highest BCUT2D eigenvalue weighted by atomic mass is 32.2. The average molecular weight is 218 g/mol. The first-order chi connectivity index (χ1) is 6.36. The highest BCUT2D eigenvalue weighted by molar-refractivity contribution is 7.86. The second-order valence-corrected chi connectivity index (χ2v) is 4.02. The normalized spacial score (nSPS) is 18.8. The zero-order valence-corrected chi connectivity index (χ0v) is 7.65. The quantitative estimate of drug-likeness (QED) is 0.295. The molecule has 0 bridgehead atoms. The summed E-state index contributed by atoms with van der Waals surface area (Å²) in [5.74, 6) is -2.04. The van der Waals surface area contributed by atoms with E-state index in [4.69, 9.17) is 4.55 Å². The second kappa shape index (κ2) is 3.35. The Balaban J connectivity index is 3.16. The Kier molecular flexibility index (Phi) is 2.54. The van der Waals surface area contributed by atoms with Gasteiger partial charge in [0, 0.05) is 6.08 Å². The zero-order chi connectivity index (χ0) is 10.9. The smallest absolute Gasteiger partial charge is 0.343 e. The SMILES string of the molecule is C=CC(C1=CC(=O)OC1=O)S(=O)(=O)O. The van der Waals surface area contributed by atoms with Gasteiger partial charge in [-0.05, 0) is 0 Å². The first-order valence-electron chi connectivity index (χ1n) is 3.43. The fraction of sp³-hybridized carbons (Fsp3) is 0.143. The molecular formula is C7H6O6S. The maximum atomic E-state index is 10.9. The lowest BCUT2D eigenvalue weighted by Gasteiger charge is -2.06. The van der Waals surface area contributed by atoms with Gasteiger partial charge in [-0.25, -0.2) is 9.59 Å². The minimum absolute atomic E-state index is 0.437. The van der Waals surface area contributed by atoms with Crippen molar-refractivity contribution in [1.29, 1.82) is 0 Å². The minimum Gasteiger partial charge on any atom is -0.386 e. The number of cyclic esters (lactones) is 2. The summed E-state index contributed by atoms with van der Waals surface area (Å²) in [4.78, 5) is 21.5. The molecule has 0 saturated heterocycles. The molecule has 1 rings (SSSR count). The van der Waals surface area contributed by atoms with E-state index in [1.165, 1.54) is 0 Å². The van der Waals surface area contributed by atoms with Crippen LogP contribution in [0, 0.1) is 0 Å². The van der Waals surface area contributed by atoms with E-state index in [1.54, 1.807) is 0 Å². The van der Waals surface area contributed by atoms with Gasteiger partial charge in [0.1, 0.15) is 5.25 Å². The van der Waals surface area contributed by atoms with Gasteiger partial charge in [0.15, 0.2) is 0 Å². The molecular weight excluding hydrogens is 212 g/mol. The number of carbonyl (C=O) groups is 2. The number of esters is 2. The van der Waals surface area contributed by atoms with Crippen molar-refractivity contribution in [2.24, 2.45) is 0 Å². The van der Waals surface area contributed by atoms with Gasteiger partial charge in [0.05, 0.1) is 5.57 Å². The zero-order valence-electron chi connectivity index (χ0n) is 6.84. The first-order valence-corrected chi connectivity index (χ1v) is 4.93. The number of rotatable bonds is 3. The maximum Gasteiger partial charge on any atom is 0.343 e. The van der Waals surface area contributed by atoms with Crippen molar-refractivity contribution in [2.75, 3.05) is 0 Å². The van der Waals surface area contributed by atoms with Gasteiger partial charge >= 0.3 is 11.9 Å². The molecule has 0 amide bonds. The van der Waals surface area contributed by atoms with Crippen LogP contribution in [0.4, 0.5) is 0 Å². The van der Waals surface area contributed by atoms with Crippen LogP contribution in [0.2, 0.25) is 0 Å². The van der Waals surface area contributed by atoms with Crippen LogP contribution >= 0.6 is 0 Å². The van der Waals surface area contributed by atoms with E-state index in [-0.39, 0.29) is 0 Å². The molecule has 0 aromatic heterocycles. The number of ether oxygens (including phenoxy) is 1. The highest BCUT2D eigenvalue weighted by Gasteiger charge is 2.35. The van der Waals surface area contributed by atoms with Crippen molar-refractivity contribution in [3.8, 4) is 0 Å². The summed E-state index contributed by atoms with van der Waals surface area (Å²) in [5, 5.41) is -1.62. The van der Waals surface area contributed by atoms with Gasteiger partial charge in [-0.15, -0.1) is 6.58 Å². The van der Waals surface area contributed by atoms with E-state index in [2.05, 4.69) is 11.3 Å². The van der Waals surface area contributed by atoms with Crippen LogP contribution < -0.4 is 0 Å². The third kappa shape index (κ3) is 1.88. The number of hydrogen-bond acceptors (Lipinski definition) is 5. The minimum atomic E-state index is -4.49. The first kappa shape index (κ1) is 10.6. The fourth-order valence-electron chi connectivity index (χ4n) is 0.973. The van der Waals surface area contributed by atoms with Crippen LogP contribution in [-0.4, -0.2) is 30.2 Å². The van der Waals surface area contributed by atoms with Crippen molar-refractivity contribution < 1.29 is 27.3 Å². The lowest BCUT2D eigenvalue weighted by Crippen LogP contribution is -2.23. The van der Waals surface area contributed by atoms with Crippen molar-refractivity contribution in [1.82, 2.24) is 0 Å². The summed E-state index contributed by atoms with van der Waals surface area (Å²) in [6, 6.07) is 0. The molecule has 1 unspecified atom stereocenters. The van der Waals surface area contributed by atoms with E-state index in [9.17, 15) is 18.0 Å². The fourth-order valence-corrected chi connectivity index (χ4v) is 1.70. The summed E-state index contributed by atoms with van der Waals surface area (Å²) in [6.07, 6.45) is 1.55. The molecule has 1 aliphatic heterocycles. The Morgan fingerprint density at radius 3 is 2.36 bits per heavy atom. The molecule has 76 valence electrons. The third-order valence-corrected chi connectivity index (χ3v) is 2.63. The lowest BCUT2D eigenvalue weighted by molar-refractivity contribution is -0.150. The highest BCUT2D eigenvalue weighted by Crippen LogP contribution is 2.18. The lowest BCUT2D eigenvalue weighted by atomic mass is 10.2. The Morgan fingerprint density at radius 2 is 2.07 bits per heavy atom.